The molecule has 0 fully saturated rings. The van der Waals surface area contributed by atoms with Crippen LogP contribution in [0, 0.1) is 0 Å². The zero-order chi connectivity index (χ0) is 14.7. The van der Waals surface area contributed by atoms with E-state index in [1.54, 1.807) is 18.2 Å². The number of β-amino-alcohol motifs (C(OH)–C–C–N with tert-alkyl or cyclic N) is 1. The first-order valence-electron chi connectivity index (χ1n) is 6.90. The highest BCUT2D eigenvalue weighted by Gasteiger charge is 2.26. The van der Waals surface area contributed by atoms with Crippen molar-refractivity contribution in [1.29, 1.82) is 0 Å². The molecule has 0 bridgehead atoms. The lowest BCUT2D eigenvalue weighted by atomic mass is 10.1. The molecule has 1 aliphatic heterocycles. The Bertz CT molecular complexity index is 489. The van der Waals surface area contributed by atoms with Gasteiger partial charge in [-0.2, -0.15) is 0 Å². The number of rotatable bonds is 5. The summed E-state index contributed by atoms with van der Waals surface area (Å²) in [5, 5.41) is 18.7. The van der Waals surface area contributed by atoms with Gasteiger partial charge in [-0.05, 0) is 31.5 Å². The van der Waals surface area contributed by atoms with Gasteiger partial charge in [0.25, 0.3) is 0 Å². The van der Waals surface area contributed by atoms with Crippen molar-refractivity contribution in [3.63, 3.8) is 0 Å². The van der Waals surface area contributed by atoms with E-state index >= 15 is 0 Å². The quantitative estimate of drug-likeness (QED) is 0.793. The second kappa shape index (κ2) is 6.24. The summed E-state index contributed by atoms with van der Waals surface area (Å²) in [6, 6.07) is 5.33. The van der Waals surface area contributed by atoms with Crippen LogP contribution in [0.2, 0.25) is 0 Å². The third-order valence-electron chi connectivity index (χ3n) is 3.52. The molecule has 110 valence electrons. The highest BCUT2D eigenvalue weighted by Crippen LogP contribution is 2.35. The van der Waals surface area contributed by atoms with Crippen molar-refractivity contribution in [2.24, 2.45) is 0 Å². The molecule has 1 aliphatic rings. The van der Waals surface area contributed by atoms with Gasteiger partial charge in [0.05, 0.1) is 24.9 Å². The number of ether oxygens (including phenoxy) is 1. The number of aliphatic hydroxyl groups is 2. The normalized spacial score (nSPS) is 19.2. The van der Waals surface area contributed by atoms with E-state index < -0.39 is 6.10 Å². The number of nitrogens with zero attached hydrogens (tertiary/aromatic N) is 1. The van der Waals surface area contributed by atoms with Crippen LogP contribution in [0.5, 0.6) is 5.75 Å². The Labute approximate surface area is 118 Å². The lowest BCUT2D eigenvalue weighted by Gasteiger charge is -2.37. The Balaban J connectivity index is 2.33. The maximum Gasteiger partial charge on any atom is 0.159 e. The molecule has 0 saturated carbocycles. The van der Waals surface area contributed by atoms with Crippen LogP contribution in [0.15, 0.2) is 18.2 Å². The highest BCUT2D eigenvalue weighted by molar-refractivity contribution is 5.95. The van der Waals surface area contributed by atoms with E-state index in [1.165, 1.54) is 6.92 Å². The predicted octanol–water partition coefficient (Wildman–Crippen LogP) is 1.22. The molecular weight excluding hydrogens is 258 g/mol. The minimum Gasteiger partial charge on any atom is -0.486 e. The second-order valence-electron chi connectivity index (χ2n) is 5.13. The number of Topliss-reactive ketones (excluding diaryl/α,β-unsaturated/α-hetero) is 1. The van der Waals surface area contributed by atoms with Crippen molar-refractivity contribution in [2.75, 3.05) is 24.6 Å². The van der Waals surface area contributed by atoms with Gasteiger partial charge in [0, 0.05) is 12.1 Å². The fraction of sp³-hybridized carbons (Fsp3) is 0.533. The Morgan fingerprint density at radius 2 is 2.30 bits per heavy atom. The third kappa shape index (κ3) is 3.11. The number of carbonyl (C=O) groups excluding carboxylic acids is 1. The summed E-state index contributed by atoms with van der Waals surface area (Å²) in [6.07, 6.45) is 0.107. The Kier molecular flexibility index (Phi) is 4.62. The lowest BCUT2D eigenvalue weighted by Crippen LogP contribution is -2.44. The standard InChI is InChI=1S/C15H21NO4/c1-3-13-8-16(7-12(19)9-17)14-6-11(10(2)18)4-5-15(14)20-13/h4-6,12-13,17,19H,3,7-9H2,1-2H3. The molecule has 1 heterocycles. The highest BCUT2D eigenvalue weighted by atomic mass is 16.5. The van der Waals surface area contributed by atoms with Crippen LogP contribution in [0.1, 0.15) is 30.6 Å². The van der Waals surface area contributed by atoms with Gasteiger partial charge in [0.1, 0.15) is 11.9 Å². The molecule has 2 rings (SSSR count). The van der Waals surface area contributed by atoms with Gasteiger partial charge in [-0.1, -0.05) is 6.92 Å². The van der Waals surface area contributed by atoms with Gasteiger partial charge < -0.3 is 19.8 Å². The smallest absolute Gasteiger partial charge is 0.159 e. The van der Waals surface area contributed by atoms with Crippen molar-refractivity contribution in [2.45, 2.75) is 32.5 Å². The number of carbonyl (C=O) groups is 1. The van der Waals surface area contributed by atoms with E-state index in [2.05, 4.69) is 0 Å². The number of benzene rings is 1. The summed E-state index contributed by atoms with van der Waals surface area (Å²) >= 11 is 0. The topological polar surface area (TPSA) is 70.0 Å². The maximum absolute atomic E-state index is 11.5. The number of aliphatic hydroxyl groups excluding tert-OH is 2. The zero-order valence-corrected chi connectivity index (χ0v) is 11.9. The predicted molar refractivity (Wildman–Crippen MR) is 76.5 cm³/mol. The maximum atomic E-state index is 11.5. The SMILES string of the molecule is CCC1CN(CC(O)CO)c2cc(C(C)=O)ccc2O1. The molecule has 0 amide bonds. The van der Waals surface area contributed by atoms with Gasteiger partial charge >= 0.3 is 0 Å². The van der Waals surface area contributed by atoms with Crippen LogP contribution in [-0.2, 0) is 0 Å². The van der Waals surface area contributed by atoms with Crippen molar-refractivity contribution in [3.05, 3.63) is 23.8 Å². The first kappa shape index (κ1) is 14.8. The van der Waals surface area contributed by atoms with Gasteiger partial charge in [-0.15, -0.1) is 0 Å². The number of hydrogen-bond donors (Lipinski definition) is 2. The second-order valence-corrected chi connectivity index (χ2v) is 5.13. The molecule has 1 aromatic rings. The van der Waals surface area contributed by atoms with E-state index in [1.807, 2.05) is 11.8 Å². The van der Waals surface area contributed by atoms with Gasteiger partial charge in [0.15, 0.2) is 5.78 Å². The van der Waals surface area contributed by atoms with Crippen molar-refractivity contribution < 1.29 is 19.7 Å². The minimum atomic E-state index is -0.806. The van der Waals surface area contributed by atoms with Crippen molar-refractivity contribution in [1.82, 2.24) is 0 Å². The summed E-state index contributed by atoms with van der Waals surface area (Å²) in [5.41, 5.74) is 1.42. The summed E-state index contributed by atoms with van der Waals surface area (Å²) < 4.78 is 5.86. The number of anilines is 1. The molecule has 0 aromatic heterocycles. The van der Waals surface area contributed by atoms with Crippen molar-refractivity contribution >= 4 is 11.5 Å². The molecule has 0 spiro atoms. The van der Waals surface area contributed by atoms with E-state index in [4.69, 9.17) is 9.84 Å². The largest absolute Gasteiger partial charge is 0.486 e. The van der Waals surface area contributed by atoms with Crippen LogP contribution in [0.4, 0.5) is 5.69 Å². The van der Waals surface area contributed by atoms with Crippen LogP contribution in [0.25, 0.3) is 0 Å². The summed E-state index contributed by atoms with van der Waals surface area (Å²) in [5.74, 6) is 0.714. The molecule has 20 heavy (non-hydrogen) atoms. The monoisotopic (exact) mass is 279 g/mol. The van der Waals surface area contributed by atoms with Crippen LogP contribution < -0.4 is 9.64 Å². The Hall–Kier alpha value is -1.59. The number of ketones is 1. The summed E-state index contributed by atoms with van der Waals surface area (Å²) in [7, 11) is 0. The molecule has 2 unspecified atom stereocenters. The molecule has 2 N–H and O–H groups in total. The van der Waals surface area contributed by atoms with Gasteiger partial charge in [-0.3, -0.25) is 4.79 Å². The van der Waals surface area contributed by atoms with E-state index in [-0.39, 0.29) is 18.5 Å². The fourth-order valence-corrected chi connectivity index (χ4v) is 2.34. The number of hydrogen-bond acceptors (Lipinski definition) is 5. The third-order valence-corrected chi connectivity index (χ3v) is 3.52. The molecule has 5 heteroatoms. The lowest BCUT2D eigenvalue weighted by molar-refractivity contribution is 0.0951. The average Bonchev–Trinajstić information content (AvgIpc) is 2.46. The molecule has 1 aromatic carbocycles. The Morgan fingerprint density at radius 1 is 1.55 bits per heavy atom. The van der Waals surface area contributed by atoms with E-state index in [0.717, 1.165) is 17.9 Å². The van der Waals surface area contributed by atoms with Crippen LogP contribution in [0.3, 0.4) is 0 Å². The van der Waals surface area contributed by atoms with Crippen LogP contribution >= 0.6 is 0 Å². The Morgan fingerprint density at radius 3 is 2.90 bits per heavy atom. The first-order valence-corrected chi connectivity index (χ1v) is 6.90. The molecule has 0 aliphatic carbocycles. The summed E-state index contributed by atoms with van der Waals surface area (Å²) in [4.78, 5) is 13.5. The molecule has 0 saturated heterocycles. The van der Waals surface area contributed by atoms with E-state index in [0.29, 0.717) is 18.7 Å². The van der Waals surface area contributed by atoms with Gasteiger partial charge in [0.2, 0.25) is 0 Å². The number of fused-ring (bicyclic) bond motifs is 1. The molecular formula is C15H21NO4. The average molecular weight is 279 g/mol. The van der Waals surface area contributed by atoms with Crippen molar-refractivity contribution in [3.8, 4) is 5.75 Å². The molecule has 2 atom stereocenters. The zero-order valence-electron chi connectivity index (χ0n) is 11.9. The first-order chi connectivity index (χ1) is 9.55. The summed E-state index contributed by atoms with van der Waals surface area (Å²) in [6.45, 7) is 4.25. The minimum absolute atomic E-state index is 0.00642. The molecule has 5 nitrogen and oxygen atoms in total. The van der Waals surface area contributed by atoms with Gasteiger partial charge in [-0.25, -0.2) is 0 Å². The fourth-order valence-electron chi connectivity index (χ4n) is 2.34. The molecule has 0 radical (unpaired) electrons. The van der Waals surface area contributed by atoms with Crippen LogP contribution in [-0.4, -0.2) is 47.9 Å². The van der Waals surface area contributed by atoms with E-state index in [9.17, 15) is 9.90 Å².